The molecule has 1 amide bonds. The van der Waals surface area contributed by atoms with Gasteiger partial charge >= 0.3 is 5.76 Å². The topological polar surface area (TPSA) is 92.8 Å². The molecule has 2 aromatic carbocycles. The van der Waals surface area contributed by atoms with Gasteiger partial charge in [-0.1, -0.05) is 24.3 Å². The molecule has 0 unspecified atom stereocenters. The van der Waals surface area contributed by atoms with Gasteiger partial charge in [0, 0.05) is 25.2 Å². The molecule has 2 aliphatic rings. The average Bonchev–Trinajstić information content (AvgIpc) is 3.23. The molecule has 2 aliphatic heterocycles. The molecule has 1 saturated heterocycles. The van der Waals surface area contributed by atoms with Gasteiger partial charge in [0.1, 0.15) is 4.90 Å². The number of carbonyl (C=O) groups excluding carboxylic acids is 1. The van der Waals surface area contributed by atoms with E-state index in [0.29, 0.717) is 12.0 Å². The first-order chi connectivity index (χ1) is 15.9. The van der Waals surface area contributed by atoms with Crippen LogP contribution in [0.15, 0.2) is 62.6 Å². The molecule has 3 aromatic rings. The second-order valence-corrected chi connectivity index (χ2v) is 10.7. The van der Waals surface area contributed by atoms with E-state index in [0.717, 1.165) is 42.2 Å². The Morgan fingerprint density at radius 2 is 1.73 bits per heavy atom. The molecule has 9 heteroatoms. The number of benzene rings is 2. The van der Waals surface area contributed by atoms with Gasteiger partial charge in [0.15, 0.2) is 5.58 Å². The van der Waals surface area contributed by atoms with E-state index in [1.54, 1.807) is 22.8 Å². The van der Waals surface area contributed by atoms with Crippen molar-refractivity contribution in [1.29, 1.82) is 0 Å². The Morgan fingerprint density at radius 3 is 2.52 bits per heavy atom. The number of hydrogen-bond donors (Lipinski definition) is 0. The third-order valence-corrected chi connectivity index (χ3v) is 8.68. The zero-order chi connectivity index (χ0) is 23.2. The number of nitrogens with zero attached hydrogens (tertiary/aromatic N) is 3. The quantitative estimate of drug-likeness (QED) is 0.515. The number of likely N-dealkylation sites (tertiary alicyclic amines) is 1. The van der Waals surface area contributed by atoms with Crippen molar-refractivity contribution in [2.24, 2.45) is 0 Å². The summed E-state index contributed by atoms with van der Waals surface area (Å²) >= 11 is 0. The van der Waals surface area contributed by atoms with Gasteiger partial charge in [0.05, 0.1) is 11.1 Å². The molecule has 1 fully saturated rings. The average molecular weight is 470 g/mol. The summed E-state index contributed by atoms with van der Waals surface area (Å²) in [4.78, 5) is 27.4. The summed E-state index contributed by atoms with van der Waals surface area (Å²) < 4.78 is 33.5. The maximum atomic E-state index is 12.7. The first-order valence-corrected chi connectivity index (χ1v) is 12.8. The third kappa shape index (κ3) is 3.79. The van der Waals surface area contributed by atoms with Crippen LogP contribution in [-0.2, 0) is 10.0 Å². The molecule has 33 heavy (non-hydrogen) atoms. The van der Waals surface area contributed by atoms with Gasteiger partial charge in [-0.15, -0.1) is 0 Å². The number of fused-ring (bicyclic) bond motifs is 2. The minimum atomic E-state index is -3.74. The summed E-state index contributed by atoms with van der Waals surface area (Å²) in [5, 5.41) is 0. The van der Waals surface area contributed by atoms with Crippen molar-refractivity contribution in [1.82, 2.24) is 13.8 Å². The lowest BCUT2D eigenvalue weighted by Gasteiger charge is -2.38. The zero-order valence-electron chi connectivity index (χ0n) is 18.5. The monoisotopic (exact) mass is 469 g/mol. The number of rotatable bonds is 6. The standard InChI is InChI=1S/C24H27N3O5S/c1-17-16-18(27-20-9-3-4-10-21(20)32-24(27)29)12-15-25(17)13-6-7-14-26-23(28)19-8-2-5-11-22(19)33(26,30)31/h2-5,8-11,17-18H,6-7,12-16H2,1H3/t17-,18+/m0/s1. The van der Waals surface area contributed by atoms with Crippen LogP contribution >= 0.6 is 0 Å². The SMILES string of the molecule is C[C@H]1C[C@H](n2c(=O)oc3ccccc32)CCN1CCCCN1C(=O)c2ccccc2S1(=O)=O. The summed E-state index contributed by atoms with van der Waals surface area (Å²) in [6.07, 6.45) is 3.09. The van der Waals surface area contributed by atoms with Gasteiger partial charge in [-0.3, -0.25) is 9.36 Å². The highest BCUT2D eigenvalue weighted by molar-refractivity contribution is 7.90. The van der Waals surface area contributed by atoms with E-state index in [4.69, 9.17) is 4.42 Å². The molecule has 0 radical (unpaired) electrons. The van der Waals surface area contributed by atoms with Crippen LogP contribution in [0.2, 0.25) is 0 Å². The van der Waals surface area contributed by atoms with Crippen molar-refractivity contribution in [2.75, 3.05) is 19.6 Å². The second-order valence-electron chi connectivity index (χ2n) is 8.85. The predicted molar refractivity (Wildman–Crippen MR) is 124 cm³/mol. The van der Waals surface area contributed by atoms with Crippen LogP contribution in [-0.4, -0.2) is 53.8 Å². The molecule has 0 aliphatic carbocycles. The fourth-order valence-corrected chi connectivity index (χ4v) is 6.72. The van der Waals surface area contributed by atoms with Crippen molar-refractivity contribution >= 4 is 27.0 Å². The molecule has 0 saturated carbocycles. The highest BCUT2D eigenvalue weighted by Crippen LogP contribution is 2.31. The first kappa shape index (κ1) is 21.9. The molecule has 2 atom stereocenters. The van der Waals surface area contributed by atoms with Gasteiger partial charge in [-0.05, 0) is 63.4 Å². The highest BCUT2D eigenvalue weighted by atomic mass is 32.2. The maximum Gasteiger partial charge on any atom is 0.420 e. The Hall–Kier alpha value is -2.91. The molecule has 1 aromatic heterocycles. The lowest BCUT2D eigenvalue weighted by molar-refractivity contribution is 0.0864. The van der Waals surface area contributed by atoms with Crippen molar-refractivity contribution < 1.29 is 17.6 Å². The first-order valence-electron chi connectivity index (χ1n) is 11.4. The number of amides is 1. The Morgan fingerprint density at radius 1 is 1.00 bits per heavy atom. The van der Waals surface area contributed by atoms with E-state index in [9.17, 15) is 18.0 Å². The van der Waals surface area contributed by atoms with Gasteiger partial charge < -0.3 is 9.32 Å². The van der Waals surface area contributed by atoms with Crippen LogP contribution in [0.3, 0.4) is 0 Å². The predicted octanol–water partition coefficient (Wildman–Crippen LogP) is 3.24. The minimum Gasteiger partial charge on any atom is -0.408 e. The highest BCUT2D eigenvalue weighted by Gasteiger charge is 2.40. The lowest BCUT2D eigenvalue weighted by Crippen LogP contribution is -2.43. The summed E-state index contributed by atoms with van der Waals surface area (Å²) in [5.74, 6) is -0.739. The molecule has 0 N–H and O–H groups in total. The van der Waals surface area contributed by atoms with Gasteiger partial charge in [-0.25, -0.2) is 17.5 Å². The fourth-order valence-electron chi connectivity index (χ4n) is 5.11. The molecule has 0 bridgehead atoms. The van der Waals surface area contributed by atoms with E-state index in [2.05, 4.69) is 11.8 Å². The second kappa shape index (κ2) is 8.46. The van der Waals surface area contributed by atoms with E-state index >= 15 is 0 Å². The summed E-state index contributed by atoms with van der Waals surface area (Å²) in [7, 11) is -3.74. The Kier molecular flexibility index (Phi) is 5.62. The van der Waals surface area contributed by atoms with Crippen molar-refractivity contribution in [3.05, 3.63) is 64.6 Å². The molecule has 5 rings (SSSR count). The number of oxazole rings is 1. The van der Waals surface area contributed by atoms with Crippen molar-refractivity contribution in [2.45, 2.75) is 49.6 Å². The van der Waals surface area contributed by atoms with Crippen molar-refractivity contribution in [3.63, 3.8) is 0 Å². The van der Waals surface area contributed by atoms with E-state index in [1.807, 2.05) is 24.3 Å². The fraction of sp³-hybridized carbons (Fsp3) is 0.417. The van der Waals surface area contributed by atoms with Crippen LogP contribution in [0.1, 0.15) is 49.0 Å². The van der Waals surface area contributed by atoms with Crippen LogP contribution < -0.4 is 5.76 Å². The zero-order valence-corrected chi connectivity index (χ0v) is 19.3. The molecule has 3 heterocycles. The number of piperidine rings is 1. The normalized spacial score (nSPS) is 22.7. The molecular formula is C24H27N3O5S. The third-order valence-electron chi connectivity index (χ3n) is 6.84. The van der Waals surface area contributed by atoms with Crippen LogP contribution in [0.4, 0.5) is 0 Å². The molecular weight excluding hydrogens is 442 g/mol. The largest absolute Gasteiger partial charge is 0.420 e. The van der Waals surface area contributed by atoms with Crippen LogP contribution in [0.5, 0.6) is 0 Å². The number of unbranched alkanes of at least 4 members (excludes halogenated alkanes) is 1. The number of para-hydroxylation sites is 2. The summed E-state index contributed by atoms with van der Waals surface area (Å²) in [6, 6.07) is 14.3. The Labute approximate surface area is 192 Å². The van der Waals surface area contributed by atoms with E-state index in [1.165, 1.54) is 6.07 Å². The molecule has 0 spiro atoms. The number of sulfonamides is 1. The van der Waals surface area contributed by atoms with Crippen LogP contribution in [0.25, 0.3) is 11.1 Å². The number of carbonyl (C=O) groups is 1. The Balaban J connectivity index is 1.16. The molecule has 8 nitrogen and oxygen atoms in total. The van der Waals surface area contributed by atoms with E-state index < -0.39 is 15.9 Å². The van der Waals surface area contributed by atoms with Gasteiger partial charge in [0.2, 0.25) is 0 Å². The smallest absolute Gasteiger partial charge is 0.408 e. The van der Waals surface area contributed by atoms with Gasteiger partial charge in [-0.2, -0.15) is 0 Å². The number of hydrogen-bond acceptors (Lipinski definition) is 6. The summed E-state index contributed by atoms with van der Waals surface area (Å²) in [5.41, 5.74) is 1.71. The summed E-state index contributed by atoms with van der Waals surface area (Å²) in [6.45, 7) is 4.02. The van der Waals surface area contributed by atoms with E-state index in [-0.39, 0.29) is 34.8 Å². The van der Waals surface area contributed by atoms with Crippen LogP contribution in [0, 0.1) is 0 Å². The Bertz CT molecular complexity index is 1360. The maximum absolute atomic E-state index is 12.7. The van der Waals surface area contributed by atoms with Crippen molar-refractivity contribution in [3.8, 4) is 0 Å². The van der Waals surface area contributed by atoms with Gasteiger partial charge in [0.25, 0.3) is 15.9 Å². The molecule has 174 valence electrons. The minimum absolute atomic E-state index is 0.0956. The lowest BCUT2D eigenvalue weighted by atomic mass is 9.97. The number of aromatic nitrogens is 1.